The third-order valence-corrected chi connectivity index (χ3v) is 4.92. The molecular weight excluding hydrogens is 226 g/mol. The van der Waals surface area contributed by atoms with Crippen LogP contribution in [0.2, 0.25) is 0 Å². The largest absolute Gasteiger partial charge is 0.323 e. The minimum Gasteiger partial charge on any atom is -0.323 e. The van der Waals surface area contributed by atoms with Crippen molar-refractivity contribution < 1.29 is 0 Å². The summed E-state index contributed by atoms with van der Waals surface area (Å²) in [6.07, 6.45) is 2.27. The molecule has 1 atom stereocenters. The molecule has 2 heteroatoms. The second kappa shape index (κ2) is 4.28. The highest BCUT2D eigenvalue weighted by molar-refractivity contribution is 7.10. The Morgan fingerprint density at radius 1 is 1.18 bits per heavy atom. The zero-order valence-corrected chi connectivity index (χ0v) is 10.8. The summed E-state index contributed by atoms with van der Waals surface area (Å²) >= 11 is 1.80. The average molecular weight is 243 g/mol. The number of hydrogen-bond donors (Lipinski definition) is 1. The minimum atomic E-state index is 0.197. The van der Waals surface area contributed by atoms with Crippen LogP contribution in [0.25, 0.3) is 0 Å². The smallest absolute Gasteiger partial charge is 0.0427 e. The molecule has 0 fully saturated rings. The molecule has 1 aliphatic carbocycles. The van der Waals surface area contributed by atoms with Crippen LogP contribution >= 0.6 is 11.3 Å². The number of rotatable bonds is 2. The van der Waals surface area contributed by atoms with Gasteiger partial charge in [-0.05, 0) is 53.8 Å². The molecule has 0 spiro atoms. The molecule has 1 unspecified atom stereocenters. The first-order valence-corrected chi connectivity index (χ1v) is 7.00. The van der Waals surface area contributed by atoms with Crippen LogP contribution in [-0.4, -0.2) is 0 Å². The van der Waals surface area contributed by atoms with Gasteiger partial charge in [0.05, 0.1) is 0 Å². The molecule has 0 saturated heterocycles. The molecule has 88 valence electrons. The zero-order valence-electron chi connectivity index (χ0n) is 10.0. The summed E-state index contributed by atoms with van der Waals surface area (Å²) in [5.74, 6) is 0.574. The third kappa shape index (κ3) is 1.92. The van der Waals surface area contributed by atoms with Crippen molar-refractivity contribution in [1.82, 2.24) is 0 Å². The number of hydrogen-bond acceptors (Lipinski definition) is 2. The summed E-state index contributed by atoms with van der Waals surface area (Å²) in [6.45, 7) is 2.16. The molecule has 0 aliphatic heterocycles. The number of nitrogens with two attached hydrogens (primary N) is 1. The molecule has 0 bridgehead atoms. The first-order chi connectivity index (χ1) is 8.25. The van der Waals surface area contributed by atoms with Gasteiger partial charge in [0.2, 0.25) is 0 Å². The highest BCUT2D eigenvalue weighted by Crippen LogP contribution is 2.36. The number of fused-ring (bicyclic) bond motifs is 1. The Balaban J connectivity index is 1.83. The van der Waals surface area contributed by atoms with Gasteiger partial charge in [-0.25, -0.2) is 0 Å². The van der Waals surface area contributed by atoms with Crippen molar-refractivity contribution in [2.75, 3.05) is 0 Å². The lowest BCUT2D eigenvalue weighted by atomic mass is 9.94. The van der Waals surface area contributed by atoms with Crippen LogP contribution in [0.1, 0.15) is 27.6 Å². The SMILES string of the molecule is Cc1ccsc1C(N)C1Cc2ccccc2C1. The van der Waals surface area contributed by atoms with Gasteiger partial charge < -0.3 is 5.73 Å². The molecule has 3 rings (SSSR count). The van der Waals surface area contributed by atoms with Gasteiger partial charge in [0, 0.05) is 10.9 Å². The molecule has 2 aromatic rings. The number of benzene rings is 1. The maximum atomic E-state index is 6.44. The number of aryl methyl sites for hydroxylation is 1. The lowest BCUT2D eigenvalue weighted by molar-refractivity contribution is 0.458. The summed E-state index contributed by atoms with van der Waals surface area (Å²) in [5.41, 5.74) is 10.8. The molecule has 0 amide bonds. The summed E-state index contributed by atoms with van der Waals surface area (Å²) in [4.78, 5) is 1.36. The second-order valence-electron chi connectivity index (χ2n) is 4.93. The molecule has 1 nitrogen and oxygen atoms in total. The fourth-order valence-electron chi connectivity index (χ4n) is 2.79. The molecular formula is C15H17NS. The van der Waals surface area contributed by atoms with E-state index in [2.05, 4.69) is 42.6 Å². The average Bonchev–Trinajstić information content (AvgIpc) is 2.93. The Hall–Kier alpha value is -1.12. The van der Waals surface area contributed by atoms with Crippen LogP contribution in [0.5, 0.6) is 0 Å². The van der Waals surface area contributed by atoms with Crippen molar-refractivity contribution in [1.29, 1.82) is 0 Å². The topological polar surface area (TPSA) is 26.0 Å². The van der Waals surface area contributed by atoms with E-state index in [4.69, 9.17) is 5.73 Å². The van der Waals surface area contributed by atoms with E-state index in [0.29, 0.717) is 5.92 Å². The van der Waals surface area contributed by atoms with Crippen molar-refractivity contribution >= 4 is 11.3 Å². The van der Waals surface area contributed by atoms with Gasteiger partial charge in [0.1, 0.15) is 0 Å². The Morgan fingerprint density at radius 2 is 1.82 bits per heavy atom. The summed E-state index contributed by atoms with van der Waals surface area (Å²) in [5, 5.41) is 2.15. The van der Waals surface area contributed by atoms with Crippen molar-refractivity contribution in [2.24, 2.45) is 11.7 Å². The van der Waals surface area contributed by atoms with E-state index in [1.807, 2.05) is 0 Å². The fraction of sp³-hybridized carbons (Fsp3) is 0.333. The van der Waals surface area contributed by atoms with E-state index >= 15 is 0 Å². The van der Waals surface area contributed by atoms with Gasteiger partial charge in [-0.3, -0.25) is 0 Å². The standard InChI is InChI=1S/C15H17NS/c1-10-6-7-17-15(10)14(16)13-8-11-4-2-3-5-12(11)9-13/h2-7,13-14H,8-9,16H2,1H3. The van der Waals surface area contributed by atoms with E-state index in [1.165, 1.54) is 21.6 Å². The van der Waals surface area contributed by atoms with E-state index in [1.54, 1.807) is 11.3 Å². The molecule has 0 saturated carbocycles. The molecule has 1 heterocycles. The number of thiophene rings is 1. The van der Waals surface area contributed by atoms with Crippen LogP contribution in [0.4, 0.5) is 0 Å². The van der Waals surface area contributed by atoms with Crippen LogP contribution in [0.15, 0.2) is 35.7 Å². The molecule has 2 N–H and O–H groups in total. The van der Waals surface area contributed by atoms with Crippen molar-refractivity contribution in [3.63, 3.8) is 0 Å². The summed E-state index contributed by atoms with van der Waals surface area (Å²) < 4.78 is 0. The predicted octanol–water partition coefficient (Wildman–Crippen LogP) is 3.47. The highest BCUT2D eigenvalue weighted by atomic mass is 32.1. The van der Waals surface area contributed by atoms with Crippen LogP contribution in [-0.2, 0) is 12.8 Å². The van der Waals surface area contributed by atoms with E-state index < -0.39 is 0 Å². The van der Waals surface area contributed by atoms with Gasteiger partial charge >= 0.3 is 0 Å². The Kier molecular flexibility index (Phi) is 2.77. The Morgan fingerprint density at radius 3 is 2.35 bits per heavy atom. The third-order valence-electron chi connectivity index (χ3n) is 3.79. The van der Waals surface area contributed by atoms with E-state index in [-0.39, 0.29) is 6.04 Å². The molecule has 17 heavy (non-hydrogen) atoms. The van der Waals surface area contributed by atoms with Crippen molar-refractivity contribution in [2.45, 2.75) is 25.8 Å². The first kappa shape index (κ1) is 11.0. The van der Waals surface area contributed by atoms with E-state index in [9.17, 15) is 0 Å². The maximum Gasteiger partial charge on any atom is 0.0427 e. The predicted molar refractivity (Wildman–Crippen MR) is 73.3 cm³/mol. The van der Waals surface area contributed by atoms with Gasteiger partial charge in [-0.2, -0.15) is 0 Å². The van der Waals surface area contributed by atoms with Crippen LogP contribution in [0.3, 0.4) is 0 Å². The van der Waals surface area contributed by atoms with Gasteiger partial charge in [-0.15, -0.1) is 11.3 Å². The second-order valence-corrected chi connectivity index (χ2v) is 5.88. The zero-order chi connectivity index (χ0) is 11.8. The normalized spacial score (nSPS) is 17.1. The Bertz CT molecular complexity index is 504. The highest BCUT2D eigenvalue weighted by Gasteiger charge is 2.28. The maximum absolute atomic E-state index is 6.44. The van der Waals surface area contributed by atoms with Crippen LogP contribution in [0, 0.1) is 12.8 Å². The lowest BCUT2D eigenvalue weighted by Crippen LogP contribution is -2.21. The quantitative estimate of drug-likeness (QED) is 0.858. The minimum absolute atomic E-state index is 0.197. The molecule has 0 radical (unpaired) electrons. The summed E-state index contributed by atoms with van der Waals surface area (Å²) in [7, 11) is 0. The monoisotopic (exact) mass is 243 g/mol. The lowest BCUT2D eigenvalue weighted by Gasteiger charge is -2.18. The molecule has 1 aromatic carbocycles. The molecule has 1 aromatic heterocycles. The first-order valence-electron chi connectivity index (χ1n) is 6.12. The summed E-state index contributed by atoms with van der Waals surface area (Å²) in [6, 6.07) is 11.1. The van der Waals surface area contributed by atoms with Gasteiger partial charge in [0.15, 0.2) is 0 Å². The van der Waals surface area contributed by atoms with Gasteiger partial charge in [-0.1, -0.05) is 24.3 Å². The molecule has 1 aliphatic rings. The van der Waals surface area contributed by atoms with Crippen molar-refractivity contribution in [3.05, 3.63) is 57.3 Å². The van der Waals surface area contributed by atoms with Gasteiger partial charge in [0.25, 0.3) is 0 Å². The fourth-order valence-corrected chi connectivity index (χ4v) is 3.81. The van der Waals surface area contributed by atoms with Crippen LogP contribution < -0.4 is 5.73 Å². The Labute approximate surface area is 106 Å². The van der Waals surface area contributed by atoms with Crippen molar-refractivity contribution in [3.8, 4) is 0 Å². The van der Waals surface area contributed by atoms with E-state index in [0.717, 1.165) is 12.8 Å².